The highest BCUT2D eigenvalue weighted by Gasteiger charge is 2.30. The van der Waals surface area contributed by atoms with Crippen LogP contribution >= 0.6 is 0 Å². The number of aliphatic hydroxyl groups is 1. The van der Waals surface area contributed by atoms with Gasteiger partial charge in [0.2, 0.25) is 0 Å². The maximum atomic E-state index is 9.75. The molecule has 0 aliphatic carbocycles. The van der Waals surface area contributed by atoms with Crippen LogP contribution in [-0.4, -0.2) is 60.3 Å². The lowest BCUT2D eigenvalue weighted by atomic mass is 9.91. The summed E-state index contributed by atoms with van der Waals surface area (Å²) in [5.41, 5.74) is 6.78. The zero-order valence-corrected chi connectivity index (χ0v) is 12.6. The molecule has 4 nitrogen and oxygen atoms in total. The van der Waals surface area contributed by atoms with Crippen molar-refractivity contribution in [2.45, 2.75) is 25.4 Å². The molecule has 0 amide bonds. The lowest BCUT2D eigenvalue weighted by molar-refractivity contribution is 0.0736. The van der Waals surface area contributed by atoms with E-state index in [1.54, 1.807) is 0 Å². The Morgan fingerprint density at radius 3 is 2.25 bits per heavy atom. The first-order chi connectivity index (χ1) is 9.55. The summed E-state index contributed by atoms with van der Waals surface area (Å²) in [6.07, 6.45) is 0. The molecule has 1 aromatic rings. The molecule has 1 fully saturated rings. The van der Waals surface area contributed by atoms with Crippen LogP contribution in [0.1, 0.15) is 19.4 Å². The first kappa shape index (κ1) is 15.4. The number of nitrogens with two attached hydrogens (primary N) is 1. The molecular weight excluding hydrogens is 250 g/mol. The Morgan fingerprint density at radius 2 is 1.75 bits per heavy atom. The Balaban J connectivity index is 1.98. The van der Waals surface area contributed by atoms with Crippen LogP contribution in [0.3, 0.4) is 0 Å². The average Bonchev–Trinajstić information content (AvgIpc) is 2.48. The monoisotopic (exact) mass is 277 g/mol. The first-order valence-electron chi connectivity index (χ1n) is 7.47. The molecule has 0 aromatic heterocycles. The van der Waals surface area contributed by atoms with Gasteiger partial charge in [0.1, 0.15) is 0 Å². The van der Waals surface area contributed by atoms with Crippen LogP contribution in [0.15, 0.2) is 30.3 Å². The number of hydrogen-bond donors (Lipinski definition) is 2. The summed E-state index contributed by atoms with van der Waals surface area (Å²) in [7, 11) is 0. The van der Waals surface area contributed by atoms with E-state index in [-0.39, 0.29) is 6.61 Å². The second-order valence-electron chi connectivity index (χ2n) is 6.09. The van der Waals surface area contributed by atoms with Gasteiger partial charge in [0.25, 0.3) is 0 Å². The molecule has 1 aliphatic heterocycles. The quantitative estimate of drug-likeness (QED) is 0.838. The van der Waals surface area contributed by atoms with E-state index >= 15 is 0 Å². The van der Waals surface area contributed by atoms with E-state index < -0.39 is 5.54 Å². The topological polar surface area (TPSA) is 52.7 Å². The second kappa shape index (κ2) is 6.68. The van der Waals surface area contributed by atoms with Gasteiger partial charge >= 0.3 is 0 Å². The Labute approximate surface area is 122 Å². The van der Waals surface area contributed by atoms with Crippen LogP contribution < -0.4 is 5.73 Å². The van der Waals surface area contributed by atoms with E-state index in [9.17, 15) is 5.11 Å². The Kier molecular flexibility index (Phi) is 5.16. The van der Waals surface area contributed by atoms with Crippen molar-refractivity contribution in [2.24, 2.45) is 5.73 Å². The zero-order valence-electron chi connectivity index (χ0n) is 12.6. The molecule has 1 heterocycles. The van der Waals surface area contributed by atoms with E-state index in [1.165, 1.54) is 0 Å². The summed E-state index contributed by atoms with van der Waals surface area (Å²) < 4.78 is 0. The fourth-order valence-electron chi connectivity index (χ4n) is 2.84. The molecule has 2 rings (SSSR count). The van der Waals surface area contributed by atoms with Crippen LogP contribution in [0.4, 0.5) is 0 Å². The van der Waals surface area contributed by atoms with Crippen molar-refractivity contribution in [1.29, 1.82) is 0 Å². The van der Waals surface area contributed by atoms with Gasteiger partial charge < -0.3 is 10.8 Å². The van der Waals surface area contributed by atoms with Gasteiger partial charge in [0, 0.05) is 38.8 Å². The van der Waals surface area contributed by atoms with Crippen molar-refractivity contribution in [3.8, 4) is 0 Å². The Bertz CT molecular complexity index is 401. The van der Waals surface area contributed by atoms with Crippen molar-refractivity contribution in [1.82, 2.24) is 9.80 Å². The Morgan fingerprint density at radius 1 is 1.15 bits per heavy atom. The number of aliphatic hydroxyl groups excluding tert-OH is 1. The minimum Gasteiger partial charge on any atom is -0.394 e. The van der Waals surface area contributed by atoms with Crippen molar-refractivity contribution in [3.63, 3.8) is 0 Å². The van der Waals surface area contributed by atoms with Gasteiger partial charge in [0.05, 0.1) is 12.1 Å². The van der Waals surface area contributed by atoms with Gasteiger partial charge in [-0.2, -0.15) is 0 Å². The van der Waals surface area contributed by atoms with Crippen LogP contribution in [0.5, 0.6) is 0 Å². The van der Waals surface area contributed by atoms with Gasteiger partial charge in [-0.3, -0.25) is 9.80 Å². The minimum absolute atomic E-state index is 0.0264. The highest BCUT2D eigenvalue weighted by molar-refractivity contribution is 5.24. The van der Waals surface area contributed by atoms with Crippen molar-refractivity contribution >= 4 is 0 Å². The second-order valence-corrected chi connectivity index (χ2v) is 6.09. The van der Waals surface area contributed by atoms with Gasteiger partial charge in [-0.25, -0.2) is 0 Å². The number of nitrogens with zero attached hydrogens (tertiary/aromatic N) is 2. The molecule has 1 saturated heterocycles. The van der Waals surface area contributed by atoms with E-state index in [0.29, 0.717) is 12.6 Å². The summed E-state index contributed by atoms with van der Waals surface area (Å²) >= 11 is 0. The number of benzene rings is 1. The van der Waals surface area contributed by atoms with E-state index in [4.69, 9.17) is 5.73 Å². The van der Waals surface area contributed by atoms with E-state index in [2.05, 4.69) is 23.6 Å². The minimum atomic E-state index is -0.665. The number of rotatable bonds is 5. The molecule has 112 valence electrons. The third-order valence-corrected chi connectivity index (χ3v) is 4.27. The third-order valence-electron chi connectivity index (χ3n) is 4.27. The molecule has 1 atom stereocenters. The fourth-order valence-corrected chi connectivity index (χ4v) is 2.84. The molecule has 0 spiro atoms. The smallest absolute Gasteiger partial charge is 0.0772 e. The molecule has 0 radical (unpaired) electrons. The van der Waals surface area contributed by atoms with Crippen molar-refractivity contribution in [2.75, 3.05) is 39.3 Å². The molecule has 4 heteroatoms. The van der Waals surface area contributed by atoms with Crippen LogP contribution in [-0.2, 0) is 5.54 Å². The Hall–Kier alpha value is -0.940. The third kappa shape index (κ3) is 3.58. The lowest BCUT2D eigenvalue weighted by Crippen LogP contribution is -2.56. The van der Waals surface area contributed by atoms with E-state index in [1.807, 2.05) is 30.3 Å². The van der Waals surface area contributed by atoms with Gasteiger partial charge in [-0.1, -0.05) is 30.3 Å². The van der Waals surface area contributed by atoms with E-state index in [0.717, 1.165) is 31.7 Å². The maximum absolute atomic E-state index is 9.75. The molecule has 0 saturated carbocycles. The summed E-state index contributed by atoms with van der Waals surface area (Å²) in [5, 5.41) is 9.75. The van der Waals surface area contributed by atoms with Gasteiger partial charge in [0.15, 0.2) is 0 Å². The summed E-state index contributed by atoms with van der Waals surface area (Å²) in [6.45, 7) is 9.35. The number of piperazine rings is 1. The van der Waals surface area contributed by atoms with Crippen LogP contribution in [0.25, 0.3) is 0 Å². The van der Waals surface area contributed by atoms with Crippen LogP contribution in [0, 0.1) is 0 Å². The normalized spacial score (nSPS) is 21.1. The summed E-state index contributed by atoms with van der Waals surface area (Å²) in [5.74, 6) is 0. The summed E-state index contributed by atoms with van der Waals surface area (Å²) in [6, 6.07) is 10.5. The largest absolute Gasteiger partial charge is 0.394 e. The fraction of sp³-hybridized carbons (Fsp3) is 0.625. The molecule has 1 aromatic carbocycles. The lowest BCUT2D eigenvalue weighted by Gasteiger charge is -2.41. The predicted octanol–water partition coefficient (Wildman–Crippen LogP) is 0.859. The molecular formula is C16H27N3O. The van der Waals surface area contributed by atoms with Crippen molar-refractivity contribution in [3.05, 3.63) is 35.9 Å². The zero-order chi connectivity index (χ0) is 14.6. The molecule has 3 N–H and O–H groups in total. The van der Waals surface area contributed by atoms with Gasteiger partial charge in [-0.15, -0.1) is 0 Å². The highest BCUT2D eigenvalue weighted by Crippen LogP contribution is 2.20. The standard InChI is InChI=1S/C16H27N3O/c1-14(2)19-10-8-18(9-11-19)12-16(17,13-20)15-6-4-3-5-7-15/h3-7,14,20H,8-13,17H2,1-2H3. The maximum Gasteiger partial charge on any atom is 0.0772 e. The summed E-state index contributed by atoms with van der Waals surface area (Å²) in [4.78, 5) is 4.85. The molecule has 1 aliphatic rings. The van der Waals surface area contributed by atoms with Crippen LogP contribution in [0.2, 0.25) is 0 Å². The molecule has 1 unspecified atom stereocenters. The SMILES string of the molecule is CC(C)N1CCN(CC(N)(CO)c2ccccc2)CC1. The molecule has 20 heavy (non-hydrogen) atoms. The highest BCUT2D eigenvalue weighted by atomic mass is 16.3. The predicted molar refractivity (Wildman–Crippen MR) is 82.5 cm³/mol. The van der Waals surface area contributed by atoms with Crippen molar-refractivity contribution < 1.29 is 5.11 Å². The first-order valence-corrected chi connectivity index (χ1v) is 7.47. The molecule has 0 bridgehead atoms. The number of hydrogen-bond acceptors (Lipinski definition) is 4. The average molecular weight is 277 g/mol. The van der Waals surface area contributed by atoms with Gasteiger partial charge in [-0.05, 0) is 19.4 Å².